The Kier molecular flexibility index (Phi) is 2.10. The molecular weight excluding hydrogens is 126 g/mol. The van der Waals surface area contributed by atoms with Crippen LogP contribution < -0.4 is 0 Å². The first-order valence-electron chi connectivity index (χ1n) is 3.71. The molecule has 0 radical (unpaired) electrons. The minimum atomic E-state index is 0.225. The van der Waals surface area contributed by atoms with Crippen molar-refractivity contribution in [1.29, 1.82) is 0 Å². The number of rotatable bonds is 2. The Balaban J connectivity index is 2.54. The fourth-order valence-corrected chi connectivity index (χ4v) is 1.17. The first kappa shape index (κ1) is 7.32. The highest BCUT2D eigenvalue weighted by Gasteiger charge is 2.17. The van der Waals surface area contributed by atoms with Crippen LogP contribution in [-0.4, -0.2) is 17.9 Å². The molecule has 1 aliphatic heterocycles. The van der Waals surface area contributed by atoms with Gasteiger partial charge >= 0.3 is 0 Å². The summed E-state index contributed by atoms with van der Waals surface area (Å²) in [5, 5.41) is 0. The normalized spacial score (nSPS) is 18.0. The van der Waals surface area contributed by atoms with E-state index in [1.807, 2.05) is 13.1 Å². The molecule has 0 atom stereocenters. The van der Waals surface area contributed by atoms with Crippen LogP contribution in [0.1, 0.15) is 26.2 Å². The van der Waals surface area contributed by atoms with Crippen LogP contribution in [0.3, 0.4) is 0 Å². The van der Waals surface area contributed by atoms with Crippen LogP contribution >= 0.6 is 0 Å². The van der Waals surface area contributed by atoms with Gasteiger partial charge in [-0.2, -0.15) is 0 Å². The zero-order valence-corrected chi connectivity index (χ0v) is 6.55. The summed E-state index contributed by atoms with van der Waals surface area (Å²) in [5.41, 5.74) is 1.19. The number of nitrogens with zero attached hydrogens (tertiary/aromatic N) is 1. The lowest BCUT2D eigenvalue weighted by molar-refractivity contribution is -0.126. The Morgan fingerprint density at radius 3 is 2.80 bits per heavy atom. The van der Waals surface area contributed by atoms with Crippen molar-refractivity contribution in [2.75, 3.05) is 7.05 Å². The van der Waals surface area contributed by atoms with Gasteiger partial charge in [0, 0.05) is 19.2 Å². The summed E-state index contributed by atoms with van der Waals surface area (Å²) in [6.45, 7) is 2.12. The van der Waals surface area contributed by atoms with Crippen LogP contribution in [0.5, 0.6) is 0 Å². The number of carbonyl (C=O) groups excluding carboxylic acids is 1. The minimum Gasteiger partial charge on any atom is -0.319 e. The maximum Gasteiger partial charge on any atom is 0.230 e. The van der Waals surface area contributed by atoms with Gasteiger partial charge in [-0.25, -0.2) is 0 Å². The van der Waals surface area contributed by atoms with Crippen LogP contribution in [0.2, 0.25) is 0 Å². The van der Waals surface area contributed by atoms with E-state index >= 15 is 0 Å². The summed E-state index contributed by atoms with van der Waals surface area (Å²) < 4.78 is 0. The number of amides is 1. The molecule has 2 nitrogen and oxygen atoms in total. The van der Waals surface area contributed by atoms with Gasteiger partial charge in [0.15, 0.2) is 0 Å². The lowest BCUT2D eigenvalue weighted by Gasteiger charge is -2.12. The van der Waals surface area contributed by atoms with Gasteiger partial charge < -0.3 is 4.90 Å². The second-order valence-electron chi connectivity index (χ2n) is 2.60. The molecule has 0 aliphatic carbocycles. The van der Waals surface area contributed by atoms with E-state index in [0.717, 1.165) is 12.8 Å². The van der Waals surface area contributed by atoms with Crippen LogP contribution in [0, 0.1) is 0 Å². The molecule has 0 spiro atoms. The average Bonchev–Trinajstić information content (AvgIpc) is 2.20. The minimum absolute atomic E-state index is 0.225. The Hall–Kier alpha value is -0.790. The molecule has 0 aromatic rings. The predicted molar refractivity (Wildman–Crippen MR) is 40.4 cm³/mol. The molecule has 2 heteroatoms. The third-order valence-corrected chi connectivity index (χ3v) is 1.82. The molecule has 1 amide bonds. The van der Waals surface area contributed by atoms with Gasteiger partial charge in [0.05, 0.1) is 0 Å². The van der Waals surface area contributed by atoms with Gasteiger partial charge in [0.25, 0.3) is 0 Å². The van der Waals surface area contributed by atoms with Gasteiger partial charge in [-0.1, -0.05) is 19.4 Å². The molecule has 0 fully saturated rings. The summed E-state index contributed by atoms with van der Waals surface area (Å²) in [4.78, 5) is 12.7. The number of hydrogen-bond acceptors (Lipinski definition) is 1. The largest absolute Gasteiger partial charge is 0.319 e. The predicted octanol–water partition coefficient (Wildman–Crippen LogP) is 1.53. The summed E-state index contributed by atoms with van der Waals surface area (Å²) in [7, 11) is 1.84. The Morgan fingerprint density at radius 2 is 2.40 bits per heavy atom. The van der Waals surface area contributed by atoms with E-state index in [2.05, 4.69) is 6.92 Å². The highest BCUT2D eigenvalue weighted by Crippen LogP contribution is 2.17. The standard InChI is InChI=1S/C8H13NO/c1-3-4-7-5-6-8(10)9(7)2/h5H,3-4,6H2,1-2H3. The van der Waals surface area contributed by atoms with Crippen LogP contribution in [0.25, 0.3) is 0 Å². The molecular formula is C8H13NO. The summed E-state index contributed by atoms with van der Waals surface area (Å²) >= 11 is 0. The third kappa shape index (κ3) is 1.20. The van der Waals surface area contributed by atoms with Crippen molar-refractivity contribution >= 4 is 5.91 Å². The molecule has 0 saturated carbocycles. The maximum absolute atomic E-state index is 10.9. The van der Waals surface area contributed by atoms with Crippen LogP contribution in [0.15, 0.2) is 11.8 Å². The fraction of sp³-hybridized carbons (Fsp3) is 0.625. The molecule has 0 unspecified atom stereocenters. The maximum atomic E-state index is 10.9. The van der Waals surface area contributed by atoms with Crippen molar-refractivity contribution in [2.45, 2.75) is 26.2 Å². The smallest absolute Gasteiger partial charge is 0.230 e. The second-order valence-corrected chi connectivity index (χ2v) is 2.60. The van der Waals surface area contributed by atoms with E-state index in [1.165, 1.54) is 5.70 Å². The van der Waals surface area contributed by atoms with Crippen molar-refractivity contribution in [1.82, 2.24) is 4.90 Å². The fourth-order valence-electron chi connectivity index (χ4n) is 1.17. The topological polar surface area (TPSA) is 20.3 Å². The van der Waals surface area contributed by atoms with Gasteiger partial charge in [-0.05, 0) is 6.42 Å². The highest BCUT2D eigenvalue weighted by molar-refractivity contribution is 5.82. The zero-order valence-electron chi connectivity index (χ0n) is 6.55. The number of carbonyl (C=O) groups is 1. The molecule has 0 N–H and O–H groups in total. The molecule has 1 heterocycles. The van der Waals surface area contributed by atoms with Crippen molar-refractivity contribution in [3.63, 3.8) is 0 Å². The summed E-state index contributed by atoms with van der Waals surface area (Å²) in [6, 6.07) is 0. The molecule has 0 aromatic carbocycles. The quantitative estimate of drug-likeness (QED) is 0.568. The van der Waals surface area contributed by atoms with Crippen molar-refractivity contribution in [2.24, 2.45) is 0 Å². The second kappa shape index (κ2) is 2.86. The van der Waals surface area contributed by atoms with E-state index in [0.29, 0.717) is 6.42 Å². The lowest BCUT2D eigenvalue weighted by Crippen LogP contribution is -2.19. The number of hydrogen-bond donors (Lipinski definition) is 0. The van der Waals surface area contributed by atoms with Gasteiger partial charge in [-0.15, -0.1) is 0 Å². The lowest BCUT2D eigenvalue weighted by atomic mass is 10.2. The van der Waals surface area contributed by atoms with Gasteiger partial charge in [0.1, 0.15) is 0 Å². The molecule has 1 rings (SSSR count). The van der Waals surface area contributed by atoms with E-state index < -0.39 is 0 Å². The molecule has 0 bridgehead atoms. The van der Waals surface area contributed by atoms with E-state index in [4.69, 9.17) is 0 Å². The van der Waals surface area contributed by atoms with E-state index in [1.54, 1.807) is 4.90 Å². The van der Waals surface area contributed by atoms with Crippen molar-refractivity contribution in [3.05, 3.63) is 11.8 Å². The molecule has 0 saturated heterocycles. The summed E-state index contributed by atoms with van der Waals surface area (Å²) in [6.07, 6.45) is 4.77. The average molecular weight is 139 g/mol. The first-order valence-corrected chi connectivity index (χ1v) is 3.71. The molecule has 10 heavy (non-hydrogen) atoms. The monoisotopic (exact) mass is 139 g/mol. The molecule has 56 valence electrons. The highest BCUT2D eigenvalue weighted by atomic mass is 16.2. The SMILES string of the molecule is CCCC1=CCC(=O)N1C. The van der Waals surface area contributed by atoms with Crippen LogP contribution in [-0.2, 0) is 4.79 Å². The van der Waals surface area contributed by atoms with Gasteiger partial charge in [0.2, 0.25) is 5.91 Å². The van der Waals surface area contributed by atoms with Crippen molar-refractivity contribution < 1.29 is 4.79 Å². The first-order chi connectivity index (χ1) is 4.75. The third-order valence-electron chi connectivity index (χ3n) is 1.82. The number of allylic oxidation sites excluding steroid dienone is 1. The van der Waals surface area contributed by atoms with E-state index in [9.17, 15) is 4.79 Å². The molecule has 0 aromatic heterocycles. The Labute approximate surface area is 61.5 Å². The Morgan fingerprint density at radius 1 is 1.70 bits per heavy atom. The summed E-state index contributed by atoms with van der Waals surface area (Å²) in [5.74, 6) is 0.225. The zero-order chi connectivity index (χ0) is 7.56. The van der Waals surface area contributed by atoms with E-state index in [-0.39, 0.29) is 5.91 Å². The van der Waals surface area contributed by atoms with Gasteiger partial charge in [-0.3, -0.25) is 4.79 Å². The Bertz CT molecular complexity index is 172. The molecule has 1 aliphatic rings. The van der Waals surface area contributed by atoms with Crippen LogP contribution in [0.4, 0.5) is 0 Å². The van der Waals surface area contributed by atoms with Crippen molar-refractivity contribution in [3.8, 4) is 0 Å².